The Kier molecular flexibility index (Phi) is 7.77. The summed E-state index contributed by atoms with van der Waals surface area (Å²) in [6.45, 7) is 3.04. The molecule has 0 unspecified atom stereocenters. The van der Waals surface area contributed by atoms with Gasteiger partial charge >= 0.3 is 0 Å². The lowest BCUT2D eigenvalue weighted by molar-refractivity contribution is 0.282. The summed E-state index contributed by atoms with van der Waals surface area (Å²) in [5, 5.41) is 0.706. The molecule has 29 heavy (non-hydrogen) atoms. The number of benzene rings is 3. The van der Waals surface area contributed by atoms with Gasteiger partial charge in [-0.1, -0.05) is 23.7 Å². The van der Waals surface area contributed by atoms with Gasteiger partial charge in [0, 0.05) is 11.2 Å². The van der Waals surface area contributed by atoms with Gasteiger partial charge in [0.15, 0.2) is 11.5 Å². The number of halogens is 2. The number of aliphatic imine (C=N–C) groups is 1. The van der Waals surface area contributed by atoms with Crippen molar-refractivity contribution < 1.29 is 14.2 Å². The van der Waals surface area contributed by atoms with Crippen LogP contribution in [0, 0.1) is 3.57 Å². The van der Waals surface area contributed by atoms with Crippen LogP contribution >= 0.6 is 34.2 Å². The summed E-state index contributed by atoms with van der Waals surface area (Å²) in [6.07, 6.45) is 1.81. The van der Waals surface area contributed by atoms with E-state index in [4.69, 9.17) is 25.8 Å². The molecule has 0 aliphatic carbocycles. The maximum Gasteiger partial charge on any atom is 0.174 e. The maximum absolute atomic E-state index is 6.00. The van der Waals surface area contributed by atoms with Crippen LogP contribution in [0.3, 0.4) is 0 Å². The molecule has 0 aliphatic rings. The Labute approximate surface area is 189 Å². The zero-order valence-electron chi connectivity index (χ0n) is 16.2. The van der Waals surface area contributed by atoms with Gasteiger partial charge in [-0.05, 0) is 89.2 Å². The Morgan fingerprint density at radius 2 is 1.72 bits per heavy atom. The largest absolute Gasteiger partial charge is 0.494 e. The number of nitrogens with zero attached hydrogens (tertiary/aromatic N) is 1. The summed E-state index contributed by atoms with van der Waals surface area (Å²) in [6, 6.07) is 19.2. The number of rotatable bonds is 8. The van der Waals surface area contributed by atoms with E-state index in [1.807, 2.05) is 73.8 Å². The Morgan fingerprint density at radius 3 is 2.38 bits per heavy atom. The van der Waals surface area contributed by atoms with Crippen LogP contribution in [0.2, 0.25) is 5.02 Å². The minimum absolute atomic E-state index is 0.434. The van der Waals surface area contributed by atoms with Crippen molar-refractivity contribution in [3.8, 4) is 17.2 Å². The first kappa shape index (κ1) is 21.5. The topological polar surface area (TPSA) is 40.0 Å². The van der Waals surface area contributed by atoms with Crippen LogP contribution in [0.15, 0.2) is 65.7 Å². The molecule has 0 amide bonds. The molecule has 4 nitrogen and oxygen atoms in total. The molecule has 3 aromatic rings. The van der Waals surface area contributed by atoms with Gasteiger partial charge in [-0.15, -0.1) is 0 Å². The molecule has 6 heteroatoms. The van der Waals surface area contributed by atoms with Crippen molar-refractivity contribution in [1.82, 2.24) is 0 Å². The molecule has 150 valence electrons. The van der Waals surface area contributed by atoms with E-state index in [1.54, 1.807) is 7.11 Å². The molecule has 0 spiro atoms. The number of methoxy groups -OCH3 is 1. The van der Waals surface area contributed by atoms with Crippen molar-refractivity contribution in [3.05, 3.63) is 80.4 Å². The molecule has 0 bridgehead atoms. The lowest BCUT2D eigenvalue weighted by Gasteiger charge is -2.13. The predicted molar refractivity (Wildman–Crippen MR) is 126 cm³/mol. The zero-order valence-corrected chi connectivity index (χ0v) is 19.1. The van der Waals surface area contributed by atoms with Crippen LogP contribution in [0.4, 0.5) is 5.69 Å². The fraction of sp³-hybridized carbons (Fsp3) is 0.174. The van der Waals surface area contributed by atoms with E-state index in [2.05, 4.69) is 27.6 Å². The van der Waals surface area contributed by atoms with Crippen molar-refractivity contribution in [2.75, 3.05) is 13.7 Å². The average Bonchev–Trinajstić information content (AvgIpc) is 2.73. The van der Waals surface area contributed by atoms with Gasteiger partial charge in [0.1, 0.15) is 12.4 Å². The lowest BCUT2D eigenvalue weighted by atomic mass is 10.2. The van der Waals surface area contributed by atoms with E-state index >= 15 is 0 Å². The first-order chi connectivity index (χ1) is 14.1. The van der Waals surface area contributed by atoms with E-state index in [0.717, 1.165) is 26.1 Å². The van der Waals surface area contributed by atoms with Crippen molar-refractivity contribution in [2.24, 2.45) is 4.99 Å². The molecule has 0 saturated carbocycles. The van der Waals surface area contributed by atoms with Gasteiger partial charge in [0.25, 0.3) is 0 Å². The third-order valence-electron chi connectivity index (χ3n) is 4.06. The molecule has 0 saturated heterocycles. The Bertz CT molecular complexity index is 973. The maximum atomic E-state index is 6.00. The van der Waals surface area contributed by atoms with Crippen LogP contribution < -0.4 is 14.2 Å². The summed E-state index contributed by atoms with van der Waals surface area (Å²) in [5.41, 5.74) is 2.82. The first-order valence-electron chi connectivity index (χ1n) is 9.10. The summed E-state index contributed by atoms with van der Waals surface area (Å²) >= 11 is 8.18. The number of hydrogen-bond donors (Lipinski definition) is 0. The summed E-state index contributed by atoms with van der Waals surface area (Å²) < 4.78 is 17.9. The molecule has 0 radical (unpaired) electrons. The van der Waals surface area contributed by atoms with Gasteiger partial charge in [-0.2, -0.15) is 0 Å². The molecule has 0 N–H and O–H groups in total. The molecule has 0 heterocycles. The van der Waals surface area contributed by atoms with Gasteiger partial charge in [0.2, 0.25) is 0 Å². The monoisotopic (exact) mass is 521 g/mol. The second-order valence-corrected chi connectivity index (χ2v) is 7.73. The van der Waals surface area contributed by atoms with Crippen LogP contribution in [0.25, 0.3) is 0 Å². The minimum atomic E-state index is 0.434. The molecular weight excluding hydrogens is 501 g/mol. The average molecular weight is 522 g/mol. The fourth-order valence-corrected chi connectivity index (χ4v) is 3.54. The summed E-state index contributed by atoms with van der Waals surface area (Å²) in [4.78, 5) is 4.53. The van der Waals surface area contributed by atoms with E-state index in [-0.39, 0.29) is 0 Å². The van der Waals surface area contributed by atoms with Crippen LogP contribution in [-0.4, -0.2) is 19.9 Å². The summed E-state index contributed by atoms with van der Waals surface area (Å²) in [7, 11) is 1.63. The van der Waals surface area contributed by atoms with E-state index in [0.29, 0.717) is 29.7 Å². The quantitative estimate of drug-likeness (QED) is 0.245. The van der Waals surface area contributed by atoms with Crippen molar-refractivity contribution in [1.29, 1.82) is 0 Å². The van der Waals surface area contributed by atoms with Crippen molar-refractivity contribution in [2.45, 2.75) is 13.5 Å². The number of hydrogen-bond acceptors (Lipinski definition) is 4. The highest BCUT2D eigenvalue weighted by atomic mass is 127. The zero-order chi connectivity index (χ0) is 20.6. The van der Waals surface area contributed by atoms with Crippen LogP contribution in [0.5, 0.6) is 17.2 Å². The van der Waals surface area contributed by atoms with Crippen LogP contribution in [-0.2, 0) is 6.61 Å². The fourth-order valence-electron chi connectivity index (χ4n) is 2.63. The third kappa shape index (κ3) is 6.11. The van der Waals surface area contributed by atoms with Gasteiger partial charge in [-0.3, -0.25) is 4.99 Å². The van der Waals surface area contributed by atoms with E-state index < -0.39 is 0 Å². The van der Waals surface area contributed by atoms with Gasteiger partial charge in [0.05, 0.1) is 23.0 Å². The standard InChI is InChI=1S/C23H21ClINO3/c1-3-28-20-10-8-19(9-11-20)26-14-17-12-21(25)23(22(13-17)27-2)29-15-16-4-6-18(24)7-5-16/h4-14H,3,15H2,1-2H3. The Morgan fingerprint density at radius 1 is 1.00 bits per heavy atom. The second-order valence-electron chi connectivity index (χ2n) is 6.13. The third-order valence-corrected chi connectivity index (χ3v) is 5.11. The molecule has 0 aliphatic heterocycles. The predicted octanol–water partition coefficient (Wildman–Crippen LogP) is 6.68. The molecule has 0 atom stereocenters. The van der Waals surface area contributed by atoms with Crippen molar-refractivity contribution in [3.63, 3.8) is 0 Å². The highest BCUT2D eigenvalue weighted by Gasteiger charge is 2.11. The molecule has 3 aromatic carbocycles. The molecule has 0 aromatic heterocycles. The highest BCUT2D eigenvalue weighted by molar-refractivity contribution is 14.1. The highest BCUT2D eigenvalue weighted by Crippen LogP contribution is 2.34. The van der Waals surface area contributed by atoms with Crippen molar-refractivity contribution >= 4 is 46.1 Å². The van der Waals surface area contributed by atoms with E-state index in [9.17, 15) is 0 Å². The lowest BCUT2D eigenvalue weighted by Crippen LogP contribution is -2.00. The second kappa shape index (κ2) is 10.5. The SMILES string of the molecule is CCOc1ccc(N=Cc2cc(I)c(OCc3ccc(Cl)cc3)c(OC)c2)cc1. The smallest absolute Gasteiger partial charge is 0.174 e. The normalized spacial score (nSPS) is 10.9. The Balaban J connectivity index is 1.74. The molecule has 3 rings (SSSR count). The van der Waals surface area contributed by atoms with Gasteiger partial charge in [-0.25, -0.2) is 0 Å². The first-order valence-corrected chi connectivity index (χ1v) is 10.6. The number of ether oxygens (including phenoxy) is 3. The van der Waals surface area contributed by atoms with E-state index in [1.165, 1.54) is 0 Å². The molecular formula is C23H21ClINO3. The summed E-state index contributed by atoms with van der Waals surface area (Å²) in [5.74, 6) is 2.21. The Hall–Kier alpha value is -2.25. The minimum Gasteiger partial charge on any atom is -0.494 e. The van der Waals surface area contributed by atoms with Gasteiger partial charge < -0.3 is 14.2 Å². The molecule has 0 fully saturated rings. The van der Waals surface area contributed by atoms with Crippen LogP contribution in [0.1, 0.15) is 18.1 Å².